The van der Waals surface area contributed by atoms with Gasteiger partial charge >= 0.3 is 0 Å². The number of rotatable bonds is 8. The van der Waals surface area contributed by atoms with Crippen LogP contribution >= 0.6 is 0 Å². The van der Waals surface area contributed by atoms with Gasteiger partial charge in [-0.15, -0.1) is 0 Å². The molecule has 0 aliphatic rings. The average Bonchev–Trinajstić information content (AvgIpc) is 2.42. The molecule has 0 spiro atoms. The zero-order chi connectivity index (χ0) is 16.0. The Morgan fingerprint density at radius 1 is 1.14 bits per heavy atom. The molecule has 0 atom stereocenters. The lowest BCUT2D eigenvalue weighted by Crippen LogP contribution is -2.35. The minimum absolute atomic E-state index is 0.0475. The van der Waals surface area contributed by atoms with E-state index in [0.29, 0.717) is 5.92 Å². The van der Waals surface area contributed by atoms with E-state index in [2.05, 4.69) is 61.6 Å². The first kappa shape index (κ1) is 17.9. The van der Waals surface area contributed by atoms with Crippen LogP contribution in [-0.2, 0) is 6.61 Å². The molecule has 0 fully saturated rings. The third kappa shape index (κ3) is 5.59. The highest BCUT2D eigenvalue weighted by molar-refractivity contribution is 5.49. The van der Waals surface area contributed by atoms with Gasteiger partial charge in [0.1, 0.15) is 5.82 Å². The van der Waals surface area contributed by atoms with Crippen LogP contribution in [0, 0.1) is 5.92 Å². The fourth-order valence-electron chi connectivity index (χ4n) is 2.16. The summed E-state index contributed by atoms with van der Waals surface area (Å²) in [5.41, 5.74) is 1.69. The Hall–Kier alpha value is -1.20. The highest BCUT2D eigenvalue weighted by atomic mass is 16.3. The smallest absolute Gasteiger partial charge is 0.131 e. The van der Waals surface area contributed by atoms with E-state index < -0.39 is 0 Å². The molecule has 1 heterocycles. The first-order valence-corrected chi connectivity index (χ1v) is 7.71. The fourth-order valence-corrected chi connectivity index (χ4v) is 2.16. The molecule has 1 aromatic rings. The largest absolute Gasteiger partial charge is 0.390 e. The van der Waals surface area contributed by atoms with Crippen molar-refractivity contribution in [2.24, 2.45) is 5.92 Å². The Balaban J connectivity index is 3.04. The van der Waals surface area contributed by atoms with Crippen molar-refractivity contribution in [1.29, 1.82) is 0 Å². The predicted octanol–water partition coefficient (Wildman–Crippen LogP) is 2.12. The maximum atomic E-state index is 9.66. The molecule has 5 nitrogen and oxygen atoms in total. The predicted molar refractivity (Wildman–Crippen MR) is 87.6 cm³/mol. The van der Waals surface area contributed by atoms with Gasteiger partial charge in [-0.25, -0.2) is 9.97 Å². The Bertz CT molecular complexity index is 432. The second kappa shape index (κ2) is 8.29. The van der Waals surface area contributed by atoms with Gasteiger partial charge in [0.25, 0.3) is 0 Å². The van der Waals surface area contributed by atoms with Crippen LogP contribution in [0.1, 0.15) is 45.1 Å². The monoisotopic (exact) mass is 294 g/mol. The quantitative estimate of drug-likeness (QED) is 0.796. The lowest BCUT2D eigenvalue weighted by Gasteiger charge is -2.29. The van der Waals surface area contributed by atoms with Crippen LogP contribution in [0.5, 0.6) is 0 Å². The molecule has 0 radical (unpaired) electrons. The van der Waals surface area contributed by atoms with Gasteiger partial charge in [0, 0.05) is 25.6 Å². The van der Waals surface area contributed by atoms with Gasteiger partial charge < -0.3 is 14.9 Å². The summed E-state index contributed by atoms with van der Waals surface area (Å²) in [4.78, 5) is 13.4. The Morgan fingerprint density at radius 3 is 2.29 bits per heavy atom. The van der Waals surface area contributed by atoms with E-state index in [-0.39, 0.29) is 12.5 Å². The van der Waals surface area contributed by atoms with Crippen LogP contribution in [0.25, 0.3) is 0 Å². The van der Waals surface area contributed by atoms with Crippen LogP contribution in [0.3, 0.4) is 0 Å². The van der Waals surface area contributed by atoms with Crippen LogP contribution in [0.4, 0.5) is 5.69 Å². The van der Waals surface area contributed by atoms with Crippen LogP contribution < -0.4 is 4.90 Å². The van der Waals surface area contributed by atoms with Crippen LogP contribution in [0.15, 0.2) is 6.20 Å². The standard InChI is InChI=1S/C16H30N4O/c1-12(2)10-20(8-7-19(5)6)15-9-17-16(13(3)4)18-14(15)11-21/h9,12-13,21H,7-8,10-11H2,1-6H3. The lowest BCUT2D eigenvalue weighted by atomic mass is 10.1. The maximum Gasteiger partial charge on any atom is 0.131 e. The van der Waals surface area contributed by atoms with E-state index in [4.69, 9.17) is 0 Å². The molecule has 1 N–H and O–H groups in total. The molecule has 1 aromatic heterocycles. The molecular formula is C16H30N4O. The van der Waals surface area contributed by atoms with Gasteiger partial charge in [-0.3, -0.25) is 0 Å². The van der Waals surface area contributed by atoms with E-state index in [1.165, 1.54) is 0 Å². The SMILES string of the molecule is CC(C)CN(CCN(C)C)c1cnc(C(C)C)nc1CO. The molecule has 0 unspecified atom stereocenters. The van der Waals surface area contributed by atoms with Crippen LogP contribution in [0.2, 0.25) is 0 Å². The third-order valence-corrected chi connectivity index (χ3v) is 3.27. The average molecular weight is 294 g/mol. The highest BCUT2D eigenvalue weighted by Gasteiger charge is 2.16. The van der Waals surface area contributed by atoms with Crippen LogP contribution in [-0.4, -0.2) is 53.7 Å². The summed E-state index contributed by atoms with van der Waals surface area (Å²) >= 11 is 0. The second-order valence-electron chi connectivity index (χ2n) is 6.52. The maximum absolute atomic E-state index is 9.66. The molecule has 120 valence electrons. The number of nitrogens with zero attached hydrogens (tertiary/aromatic N) is 4. The van der Waals surface area contributed by atoms with E-state index in [9.17, 15) is 5.11 Å². The van der Waals surface area contributed by atoms with Crippen molar-refractivity contribution in [2.45, 2.75) is 40.2 Å². The molecule has 1 rings (SSSR count). The van der Waals surface area contributed by atoms with E-state index in [1.54, 1.807) is 0 Å². The molecule has 0 aliphatic heterocycles. The number of aliphatic hydroxyl groups is 1. The molecule has 0 bridgehead atoms. The molecule has 5 heteroatoms. The van der Waals surface area contributed by atoms with Gasteiger partial charge in [0.05, 0.1) is 24.2 Å². The van der Waals surface area contributed by atoms with Gasteiger partial charge in [0.2, 0.25) is 0 Å². The van der Waals surface area contributed by atoms with Crippen molar-refractivity contribution in [3.05, 3.63) is 17.7 Å². The Labute approximate surface area is 129 Å². The van der Waals surface area contributed by atoms with Gasteiger partial charge in [-0.1, -0.05) is 27.7 Å². The van der Waals surface area contributed by atoms with Crippen molar-refractivity contribution >= 4 is 5.69 Å². The van der Waals surface area contributed by atoms with Gasteiger partial charge in [-0.05, 0) is 20.0 Å². The van der Waals surface area contributed by atoms with Crippen molar-refractivity contribution < 1.29 is 5.11 Å². The zero-order valence-corrected chi connectivity index (χ0v) is 14.3. The molecule has 0 saturated heterocycles. The Morgan fingerprint density at radius 2 is 1.81 bits per heavy atom. The normalized spacial score (nSPS) is 11.7. The van der Waals surface area contributed by atoms with Gasteiger partial charge in [-0.2, -0.15) is 0 Å². The number of aromatic nitrogens is 2. The van der Waals surface area contributed by atoms with Crippen molar-refractivity contribution in [2.75, 3.05) is 38.6 Å². The summed E-state index contributed by atoms with van der Waals surface area (Å²) in [6, 6.07) is 0. The molecule has 21 heavy (non-hydrogen) atoms. The van der Waals surface area contributed by atoms with Crippen molar-refractivity contribution in [3.63, 3.8) is 0 Å². The van der Waals surface area contributed by atoms with E-state index in [0.717, 1.165) is 36.8 Å². The van der Waals surface area contributed by atoms with Crippen molar-refractivity contribution in [3.8, 4) is 0 Å². The second-order valence-corrected chi connectivity index (χ2v) is 6.52. The number of likely N-dealkylation sites (N-methyl/N-ethyl adjacent to an activating group) is 1. The minimum Gasteiger partial charge on any atom is -0.390 e. The third-order valence-electron chi connectivity index (χ3n) is 3.27. The molecule has 0 aromatic carbocycles. The molecule has 0 amide bonds. The van der Waals surface area contributed by atoms with E-state index >= 15 is 0 Å². The summed E-state index contributed by atoms with van der Waals surface area (Å²) in [5, 5.41) is 9.66. The summed E-state index contributed by atoms with van der Waals surface area (Å²) in [6.07, 6.45) is 1.87. The number of anilines is 1. The number of hydrogen-bond acceptors (Lipinski definition) is 5. The Kier molecular flexibility index (Phi) is 7.05. The van der Waals surface area contributed by atoms with Gasteiger partial charge in [0.15, 0.2) is 0 Å². The fraction of sp³-hybridized carbons (Fsp3) is 0.750. The summed E-state index contributed by atoms with van der Waals surface area (Å²) in [5.74, 6) is 1.60. The summed E-state index contributed by atoms with van der Waals surface area (Å²) < 4.78 is 0. The highest BCUT2D eigenvalue weighted by Crippen LogP contribution is 2.21. The summed E-state index contributed by atoms with van der Waals surface area (Å²) in [6.45, 7) is 11.3. The minimum atomic E-state index is -0.0475. The number of aliphatic hydroxyl groups excluding tert-OH is 1. The zero-order valence-electron chi connectivity index (χ0n) is 14.3. The van der Waals surface area contributed by atoms with E-state index in [1.807, 2.05) is 6.20 Å². The number of hydrogen-bond donors (Lipinski definition) is 1. The first-order valence-electron chi connectivity index (χ1n) is 7.71. The topological polar surface area (TPSA) is 52.5 Å². The molecule has 0 saturated carbocycles. The van der Waals surface area contributed by atoms with Crippen molar-refractivity contribution in [1.82, 2.24) is 14.9 Å². The lowest BCUT2D eigenvalue weighted by molar-refractivity contribution is 0.276. The summed E-state index contributed by atoms with van der Waals surface area (Å²) in [7, 11) is 4.14. The molecular weight excluding hydrogens is 264 g/mol. The molecule has 0 aliphatic carbocycles. The first-order chi connectivity index (χ1) is 9.85.